The Hall–Kier alpha value is -1.89. The largest absolute Gasteiger partial charge is 0.322 e. The van der Waals surface area contributed by atoms with Crippen LogP contribution in [0.4, 0.5) is 14.5 Å². The number of rotatable bonds is 4. The summed E-state index contributed by atoms with van der Waals surface area (Å²) < 4.78 is 28.2. The first-order valence-electron chi connectivity index (χ1n) is 6.26. The highest BCUT2D eigenvalue weighted by Gasteiger charge is 2.13. The highest BCUT2D eigenvalue weighted by Crippen LogP contribution is 2.24. The molecular formula is C14H15F2N3OS. The molecule has 0 fully saturated rings. The number of hydrogen-bond acceptors (Lipinski definition) is 3. The predicted octanol–water partition coefficient (Wildman–Crippen LogP) is 3.05. The Bertz CT molecular complexity index is 685. The van der Waals surface area contributed by atoms with Gasteiger partial charge in [0.2, 0.25) is 5.91 Å². The molecule has 0 spiro atoms. The Morgan fingerprint density at radius 3 is 2.71 bits per heavy atom. The van der Waals surface area contributed by atoms with E-state index in [2.05, 4.69) is 10.4 Å². The number of halogens is 2. The normalized spacial score (nSPS) is 10.7. The second-order valence-corrected chi connectivity index (χ2v) is 5.60. The molecule has 0 aliphatic carbocycles. The van der Waals surface area contributed by atoms with Crippen molar-refractivity contribution >= 4 is 23.4 Å². The Morgan fingerprint density at radius 1 is 1.38 bits per heavy atom. The fraction of sp³-hybridized carbons (Fsp3) is 0.286. The van der Waals surface area contributed by atoms with Crippen LogP contribution in [0.3, 0.4) is 0 Å². The summed E-state index contributed by atoms with van der Waals surface area (Å²) in [6, 6.07) is 3.17. The number of nitrogens with one attached hydrogen (secondary N) is 1. The van der Waals surface area contributed by atoms with Gasteiger partial charge in [-0.2, -0.15) is 5.10 Å². The zero-order valence-corrected chi connectivity index (χ0v) is 12.7. The van der Waals surface area contributed by atoms with Crippen molar-refractivity contribution in [2.24, 2.45) is 7.05 Å². The average Bonchev–Trinajstić information content (AvgIpc) is 2.66. The van der Waals surface area contributed by atoms with Crippen LogP contribution >= 0.6 is 11.8 Å². The molecule has 0 aliphatic rings. The minimum atomic E-state index is -0.539. The molecular weight excluding hydrogens is 296 g/mol. The summed E-state index contributed by atoms with van der Waals surface area (Å²) in [5.41, 5.74) is 2.20. The molecule has 2 rings (SSSR count). The highest BCUT2D eigenvalue weighted by atomic mass is 32.2. The van der Waals surface area contributed by atoms with Crippen LogP contribution in [0, 0.1) is 25.5 Å². The summed E-state index contributed by atoms with van der Waals surface area (Å²) in [7, 11) is 1.79. The smallest absolute Gasteiger partial charge is 0.234 e. The van der Waals surface area contributed by atoms with Crippen LogP contribution in [0.15, 0.2) is 23.1 Å². The van der Waals surface area contributed by atoms with Crippen LogP contribution < -0.4 is 5.32 Å². The number of aryl methyl sites for hydroxylation is 2. The lowest BCUT2D eigenvalue weighted by Gasteiger charge is -2.06. The van der Waals surface area contributed by atoms with Crippen LogP contribution in [0.2, 0.25) is 0 Å². The average molecular weight is 311 g/mol. The zero-order chi connectivity index (χ0) is 15.6. The van der Waals surface area contributed by atoms with Crippen LogP contribution in [0.1, 0.15) is 11.4 Å². The molecule has 0 radical (unpaired) electrons. The quantitative estimate of drug-likeness (QED) is 0.883. The molecule has 0 atom stereocenters. The number of carbonyl (C=O) groups is 1. The van der Waals surface area contributed by atoms with Crippen molar-refractivity contribution in [2.45, 2.75) is 18.7 Å². The van der Waals surface area contributed by atoms with Gasteiger partial charge in [0.15, 0.2) is 0 Å². The van der Waals surface area contributed by atoms with E-state index >= 15 is 0 Å². The first-order chi connectivity index (χ1) is 9.88. The Kier molecular flexibility index (Phi) is 4.62. The summed E-state index contributed by atoms with van der Waals surface area (Å²) in [6.07, 6.45) is 0. The number of thioether (sulfide) groups is 1. The third kappa shape index (κ3) is 3.60. The van der Waals surface area contributed by atoms with E-state index in [0.717, 1.165) is 35.7 Å². The third-order valence-corrected chi connectivity index (χ3v) is 4.06. The minimum Gasteiger partial charge on any atom is -0.322 e. The summed E-state index contributed by atoms with van der Waals surface area (Å²) >= 11 is 0.953. The summed E-state index contributed by atoms with van der Waals surface area (Å²) in [5.74, 6) is -1.36. The molecule has 7 heteroatoms. The molecule has 1 amide bonds. The SMILES string of the molecule is Cc1nn(C)c(C)c1NC(=O)CSc1cc(F)ccc1F. The molecule has 0 unspecified atom stereocenters. The molecule has 112 valence electrons. The Morgan fingerprint density at radius 2 is 2.10 bits per heavy atom. The number of nitrogens with zero attached hydrogens (tertiary/aromatic N) is 2. The summed E-state index contributed by atoms with van der Waals surface area (Å²) in [4.78, 5) is 12.0. The monoisotopic (exact) mass is 311 g/mol. The maximum absolute atomic E-state index is 13.4. The molecule has 0 saturated carbocycles. The molecule has 0 saturated heterocycles. The predicted molar refractivity (Wildman–Crippen MR) is 78.4 cm³/mol. The molecule has 21 heavy (non-hydrogen) atoms. The Balaban J connectivity index is 2.01. The number of benzene rings is 1. The number of amides is 1. The maximum Gasteiger partial charge on any atom is 0.234 e. The maximum atomic E-state index is 13.4. The lowest BCUT2D eigenvalue weighted by molar-refractivity contribution is -0.113. The van der Waals surface area contributed by atoms with Gasteiger partial charge in [-0.15, -0.1) is 11.8 Å². The van der Waals surface area contributed by atoms with Crippen molar-refractivity contribution in [3.63, 3.8) is 0 Å². The number of hydrogen-bond donors (Lipinski definition) is 1. The number of aromatic nitrogens is 2. The van der Waals surface area contributed by atoms with Gasteiger partial charge in [-0.25, -0.2) is 8.78 Å². The molecule has 1 N–H and O–H groups in total. The van der Waals surface area contributed by atoms with E-state index in [0.29, 0.717) is 11.4 Å². The van der Waals surface area contributed by atoms with Gasteiger partial charge in [-0.1, -0.05) is 0 Å². The standard InChI is InChI=1S/C14H15F2N3OS/c1-8-14(9(2)19(3)18-8)17-13(20)7-21-12-6-10(15)4-5-11(12)16/h4-6H,7H2,1-3H3,(H,17,20). The molecule has 0 bridgehead atoms. The van der Waals surface area contributed by atoms with Gasteiger partial charge in [0, 0.05) is 11.9 Å². The Labute approximate surface area is 125 Å². The van der Waals surface area contributed by atoms with E-state index in [1.807, 2.05) is 6.92 Å². The summed E-state index contributed by atoms with van der Waals surface area (Å²) in [6.45, 7) is 3.64. The molecule has 1 aromatic heterocycles. The van der Waals surface area contributed by atoms with E-state index in [9.17, 15) is 13.6 Å². The van der Waals surface area contributed by atoms with E-state index in [-0.39, 0.29) is 16.6 Å². The van der Waals surface area contributed by atoms with Crippen molar-refractivity contribution in [3.05, 3.63) is 41.2 Å². The van der Waals surface area contributed by atoms with Crippen LogP contribution in [0.5, 0.6) is 0 Å². The van der Waals surface area contributed by atoms with Crippen molar-refractivity contribution in [1.82, 2.24) is 9.78 Å². The minimum absolute atomic E-state index is 0.00581. The van der Waals surface area contributed by atoms with Gasteiger partial charge in [0.05, 0.1) is 22.8 Å². The van der Waals surface area contributed by atoms with Gasteiger partial charge in [-0.05, 0) is 32.0 Å². The highest BCUT2D eigenvalue weighted by molar-refractivity contribution is 8.00. The molecule has 1 heterocycles. The lowest BCUT2D eigenvalue weighted by atomic mass is 10.3. The third-order valence-electron chi connectivity index (χ3n) is 3.03. The molecule has 4 nitrogen and oxygen atoms in total. The first kappa shape index (κ1) is 15.5. The second-order valence-electron chi connectivity index (χ2n) is 4.58. The van der Waals surface area contributed by atoms with Gasteiger partial charge < -0.3 is 5.32 Å². The molecule has 2 aromatic rings. The topological polar surface area (TPSA) is 46.9 Å². The van der Waals surface area contributed by atoms with Crippen molar-refractivity contribution in [1.29, 1.82) is 0 Å². The fourth-order valence-electron chi connectivity index (χ4n) is 1.86. The number of carbonyl (C=O) groups excluding carboxylic acids is 1. The summed E-state index contributed by atoms with van der Waals surface area (Å²) in [5, 5.41) is 6.94. The van der Waals surface area contributed by atoms with Crippen molar-refractivity contribution in [2.75, 3.05) is 11.1 Å². The van der Waals surface area contributed by atoms with Gasteiger partial charge in [-0.3, -0.25) is 9.48 Å². The van der Waals surface area contributed by atoms with Crippen molar-refractivity contribution in [3.8, 4) is 0 Å². The van der Waals surface area contributed by atoms with Crippen LogP contribution in [-0.4, -0.2) is 21.4 Å². The lowest BCUT2D eigenvalue weighted by Crippen LogP contribution is -2.15. The zero-order valence-electron chi connectivity index (χ0n) is 11.9. The van der Waals surface area contributed by atoms with Crippen LogP contribution in [-0.2, 0) is 11.8 Å². The molecule has 1 aromatic carbocycles. The first-order valence-corrected chi connectivity index (χ1v) is 7.25. The van der Waals surface area contributed by atoms with E-state index in [4.69, 9.17) is 0 Å². The van der Waals surface area contributed by atoms with Gasteiger partial charge in [0.1, 0.15) is 11.6 Å². The van der Waals surface area contributed by atoms with E-state index in [1.165, 1.54) is 0 Å². The van der Waals surface area contributed by atoms with E-state index in [1.54, 1.807) is 18.7 Å². The molecule has 0 aliphatic heterocycles. The number of anilines is 1. The van der Waals surface area contributed by atoms with Gasteiger partial charge in [0.25, 0.3) is 0 Å². The van der Waals surface area contributed by atoms with Crippen LogP contribution in [0.25, 0.3) is 0 Å². The van der Waals surface area contributed by atoms with Crippen molar-refractivity contribution < 1.29 is 13.6 Å². The second kappa shape index (κ2) is 6.26. The van der Waals surface area contributed by atoms with Gasteiger partial charge >= 0.3 is 0 Å². The fourth-order valence-corrected chi connectivity index (χ4v) is 2.62. The van der Waals surface area contributed by atoms with E-state index < -0.39 is 11.6 Å².